The van der Waals surface area contributed by atoms with E-state index in [0.717, 1.165) is 12.3 Å². The molecule has 1 amide bonds. The molecule has 0 radical (unpaired) electrons. The van der Waals surface area contributed by atoms with Gasteiger partial charge in [0.05, 0.1) is 6.42 Å². The highest BCUT2D eigenvalue weighted by Gasteiger charge is 2.24. The van der Waals surface area contributed by atoms with Crippen molar-refractivity contribution in [2.24, 2.45) is 5.92 Å². The summed E-state index contributed by atoms with van der Waals surface area (Å²) in [6.45, 7) is 2.04. The molecule has 1 saturated carbocycles. The summed E-state index contributed by atoms with van der Waals surface area (Å²) in [4.78, 5) is 11.8. The van der Waals surface area contributed by atoms with Crippen molar-refractivity contribution < 1.29 is 9.90 Å². The molecule has 0 aliphatic heterocycles. The number of hydrogen-bond donors (Lipinski definition) is 2. The Balaban J connectivity index is 1.82. The van der Waals surface area contributed by atoms with E-state index < -0.39 is 0 Å². The third-order valence-electron chi connectivity index (χ3n) is 3.13. The van der Waals surface area contributed by atoms with Crippen molar-refractivity contribution in [1.29, 1.82) is 0 Å². The number of aromatic hydroxyl groups is 1. The first-order valence-corrected chi connectivity index (χ1v) is 6.21. The topological polar surface area (TPSA) is 49.3 Å². The smallest absolute Gasteiger partial charge is 0.224 e. The lowest BCUT2D eigenvalue weighted by Crippen LogP contribution is -2.34. The van der Waals surface area contributed by atoms with E-state index in [4.69, 9.17) is 0 Å². The fraction of sp³-hybridized carbons (Fsp3) is 0.500. The molecule has 2 N–H and O–H groups in total. The fourth-order valence-electron chi connectivity index (χ4n) is 2.07. The Morgan fingerprint density at radius 1 is 1.47 bits per heavy atom. The summed E-state index contributed by atoms with van der Waals surface area (Å²) in [5, 5.41) is 12.5. The van der Waals surface area contributed by atoms with Gasteiger partial charge in [0.2, 0.25) is 5.91 Å². The highest BCUT2D eigenvalue weighted by molar-refractivity contribution is 5.79. The Morgan fingerprint density at radius 3 is 2.82 bits per heavy atom. The van der Waals surface area contributed by atoms with Crippen molar-refractivity contribution in [3.05, 3.63) is 29.8 Å². The first kappa shape index (κ1) is 12.0. The van der Waals surface area contributed by atoms with Gasteiger partial charge in [0, 0.05) is 11.6 Å². The molecule has 0 heterocycles. The molecular formula is C14H19NO2. The lowest BCUT2D eigenvalue weighted by Gasteiger charge is -2.13. The maximum absolute atomic E-state index is 11.8. The molecule has 0 saturated heterocycles. The lowest BCUT2D eigenvalue weighted by molar-refractivity contribution is -0.121. The van der Waals surface area contributed by atoms with E-state index >= 15 is 0 Å². The molecule has 1 aromatic rings. The number of rotatable bonds is 5. The summed E-state index contributed by atoms with van der Waals surface area (Å²) < 4.78 is 0. The highest BCUT2D eigenvalue weighted by Crippen LogP contribution is 2.33. The van der Waals surface area contributed by atoms with Crippen LogP contribution in [0.5, 0.6) is 5.75 Å². The van der Waals surface area contributed by atoms with Crippen molar-refractivity contribution >= 4 is 5.91 Å². The van der Waals surface area contributed by atoms with Gasteiger partial charge in [-0.2, -0.15) is 0 Å². The predicted molar refractivity (Wildman–Crippen MR) is 66.8 cm³/mol. The average Bonchev–Trinajstić information content (AvgIpc) is 3.05. The molecule has 1 atom stereocenters. The van der Waals surface area contributed by atoms with Crippen LogP contribution in [0, 0.1) is 5.92 Å². The summed E-state index contributed by atoms with van der Waals surface area (Å²) in [6.07, 6.45) is 3.94. The summed E-state index contributed by atoms with van der Waals surface area (Å²) in [5.74, 6) is 0.993. The monoisotopic (exact) mass is 233 g/mol. The zero-order valence-electron chi connectivity index (χ0n) is 10.1. The fourth-order valence-corrected chi connectivity index (χ4v) is 2.07. The molecule has 1 unspecified atom stereocenters. The normalized spacial score (nSPS) is 16.5. The van der Waals surface area contributed by atoms with Gasteiger partial charge in [0.1, 0.15) is 5.75 Å². The second-order valence-corrected chi connectivity index (χ2v) is 4.95. The van der Waals surface area contributed by atoms with Gasteiger partial charge in [-0.3, -0.25) is 4.79 Å². The molecule has 1 fully saturated rings. The van der Waals surface area contributed by atoms with Crippen LogP contribution in [0.25, 0.3) is 0 Å². The van der Waals surface area contributed by atoms with E-state index in [9.17, 15) is 9.90 Å². The zero-order chi connectivity index (χ0) is 12.3. The van der Waals surface area contributed by atoms with E-state index in [0.29, 0.717) is 5.56 Å². The van der Waals surface area contributed by atoms with Crippen molar-refractivity contribution in [2.45, 2.75) is 38.6 Å². The van der Waals surface area contributed by atoms with Crippen LogP contribution in [0.1, 0.15) is 31.7 Å². The van der Waals surface area contributed by atoms with Gasteiger partial charge in [0.25, 0.3) is 0 Å². The molecule has 1 aliphatic rings. The van der Waals surface area contributed by atoms with Crippen molar-refractivity contribution in [3.8, 4) is 5.75 Å². The molecule has 17 heavy (non-hydrogen) atoms. The van der Waals surface area contributed by atoms with Gasteiger partial charge in [-0.25, -0.2) is 0 Å². The summed E-state index contributed by atoms with van der Waals surface area (Å²) in [5.41, 5.74) is 0.684. The van der Waals surface area contributed by atoms with Gasteiger partial charge in [-0.05, 0) is 25.3 Å². The molecule has 0 bridgehead atoms. The van der Waals surface area contributed by atoms with E-state index in [-0.39, 0.29) is 24.1 Å². The van der Waals surface area contributed by atoms with Crippen LogP contribution in [-0.4, -0.2) is 17.1 Å². The van der Waals surface area contributed by atoms with Crippen LogP contribution < -0.4 is 5.32 Å². The number of carbonyl (C=O) groups excluding carboxylic acids is 1. The summed E-state index contributed by atoms with van der Waals surface area (Å²) in [7, 11) is 0. The van der Waals surface area contributed by atoms with Crippen LogP contribution in [0.2, 0.25) is 0 Å². The van der Waals surface area contributed by atoms with Crippen LogP contribution in [-0.2, 0) is 11.2 Å². The Labute approximate surface area is 102 Å². The van der Waals surface area contributed by atoms with Crippen LogP contribution >= 0.6 is 0 Å². The number of phenolic OH excluding ortho intramolecular Hbond substituents is 1. The van der Waals surface area contributed by atoms with Crippen LogP contribution in [0.15, 0.2) is 24.3 Å². The number of nitrogens with one attached hydrogen (secondary N) is 1. The Morgan fingerprint density at radius 2 is 2.18 bits per heavy atom. The first-order valence-electron chi connectivity index (χ1n) is 6.21. The minimum absolute atomic E-state index is 0.0142. The SMILES string of the molecule is CC(CC1CC1)NC(=O)Cc1ccccc1O. The Kier molecular flexibility index (Phi) is 3.67. The maximum atomic E-state index is 11.8. The summed E-state index contributed by atoms with van der Waals surface area (Å²) in [6, 6.07) is 7.21. The van der Waals surface area contributed by atoms with Crippen molar-refractivity contribution in [3.63, 3.8) is 0 Å². The van der Waals surface area contributed by atoms with Gasteiger partial charge in [0.15, 0.2) is 0 Å². The van der Waals surface area contributed by atoms with Crippen molar-refractivity contribution in [1.82, 2.24) is 5.32 Å². The minimum atomic E-state index is -0.0142. The molecule has 2 rings (SSSR count). The van der Waals surface area contributed by atoms with E-state index in [1.54, 1.807) is 18.2 Å². The van der Waals surface area contributed by atoms with E-state index in [1.165, 1.54) is 12.8 Å². The number of amides is 1. The molecule has 3 nitrogen and oxygen atoms in total. The average molecular weight is 233 g/mol. The molecule has 1 aromatic carbocycles. The van der Waals surface area contributed by atoms with E-state index in [2.05, 4.69) is 5.32 Å². The van der Waals surface area contributed by atoms with Gasteiger partial charge >= 0.3 is 0 Å². The van der Waals surface area contributed by atoms with Crippen LogP contribution in [0.4, 0.5) is 0 Å². The maximum Gasteiger partial charge on any atom is 0.224 e. The number of phenols is 1. The zero-order valence-corrected chi connectivity index (χ0v) is 10.1. The highest BCUT2D eigenvalue weighted by atomic mass is 16.3. The lowest BCUT2D eigenvalue weighted by atomic mass is 10.1. The quantitative estimate of drug-likeness (QED) is 0.819. The van der Waals surface area contributed by atoms with E-state index in [1.807, 2.05) is 13.0 Å². The molecule has 1 aliphatic carbocycles. The van der Waals surface area contributed by atoms with Crippen LogP contribution in [0.3, 0.4) is 0 Å². The summed E-state index contributed by atoms with van der Waals surface area (Å²) >= 11 is 0. The molecule has 0 spiro atoms. The number of benzene rings is 1. The largest absolute Gasteiger partial charge is 0.508 e. The standard InChI is InChI=1S/C14H19NO2/c1-10(8-11-6-7-11)15-14(17)9-12-4-2-3-5-13(12)16/h2-5,10-11,16H,6-9H2,1H3,(H,15,17). The first-order chi connectivity index (χ1) is 8.15. The predicted octanol–water partition coefficient (Wildman–Crippen LogP) is 2.24. The Hall–Kier alpha value is -1.51. The third kappa shape index (κ3) is 3.77. The molecule has 92 valence electrons. The van der Waals surface area contributed by atoms with Crippen molar-refractivity contribution in [2.75, 3.05) is 0 Å². The van der Waals surface area contributed by atoms with Gasteiger partial charge in [-0.15, -0.1) is 0 Å². The number of para-hydroxylation sites is 1. The Bertz CT molecular complexity index is 399. The molecule has 0 aromatic heterocycles. The third-order valence-corrected chi connectivity index (χ3v) is 3.13. The second kappa shape index (κ2) is 5.21. The van der Waals surface area contributed by atoms with Gasteiger partial charge in [-0.1, -0.05) is 31.0 Å². The van der Waals surface area contributed by atoms with Gasteiger partial charge < -0.3 is 10.4 Å². The molecular weight excluding hydrogens is 214 g/mol. The second-order valence-electron chi connectivity index (χ2n) is 4.95. The number of hydrogen-bond acceptors (Lipinski definition) is 2. The number of carbonyl (C=O) groups is 1. The molecule has 3 heteroatoms. The minimum Gasteiger partial charge on any atom is -0.508 e.